The summed E-state index contributed by atoms with van der Waals surface area (Å²) in [6.45, 7) is 3.49. The average Bonchev–Trinajstić information content (AvgIpc) is 2.17. The van der Waals surface area contributed by atoms with Crippen LogP contribution in [0.3, 0.4) is 0 Å². The van der Waals surface area contributed by atoms with Gasteiger partial charge in [0.2, 0.25) is 0 Å². The predicted octanol–water partition coefficient (Wildman–Crippen LogP) is 2.46. The van der Waals surface area contributed by atoms with Crippen LogP contribution in [0.4, 0.5) is 8.78 Å². The van der Waals surface area contributed by atoms with E-state index in [0.29, 0.717) is 0 Å². The highest BCUT2D eigenvalue weighted by Crippen LogP contribution is 2.18. The maximum Gasteiger partial charge on any atom is 0.261 e. The molecule has 1 N–H and O–H groups in total. The van der Waals surface area contributed by atoms with Crippen molar-refractivity contribution in [3.63, 3.8) is 0 Å². The van der Waals surface area contributed by atoms with E-state index in [1.807, 2.05) is 0 Å². The van der Waals surface area contributed by atoms with Gasteiger partial charge in [0.05, 0.1) is 5.56 Å². The summed E-state index contributed by atoms with van der Waals surface area (Å²) in [5, 5.41) is 2.62. The van der Waals surface area contributed by atoms with Gasteiger partial charge in [0.15, 0.2) is 0 Å². The van der Waals surface area contributed by atoms with Crippen molar-refractivity contribution in [3.8, 4) is 0 Å². The molecule has 0 bridgehead atoms. The number of thiocarbonyl (C=S) groups is 1. The Kier molecular flexibility index (Phi) is 3.74. The molecule has 0 unspecified atom stereocenters. The first kappa shape index (κ1) is 11.6. The van der Waals surface area contributed by atoms with Gasteiger partial charge in [-0.1, -0.05) is 6.58 Å². The fourth-order valence-electron chi connectivity index (χ4n) is 0.934. The van der Waals surface area contributed by atoms with Gasteiger partial charge < -0.3 is 10.1 Å². The van der Waals surface area contributed by atoms with Gasteiger partial charge in [-0.25, -0.2) is 8.78 Å². The van der Waals surface area contributed by atoms with Crippen LogP contribution in [-0.4, -0.2) is 12.2 Å². The van der Waals surface area contributed by atoms with Gasteiger partial charge in [-0.2, -0.15) is 0 Å². The van der Waals surface area contributed by atoms with Crippen LogP contribution < -0.4 is 5.32 Å². The van der Waals surface area contributed by atoms with Crippen LogP contribution in [0.5, 0.6) is 0 Å². The highest BCUT2D eigenvalue weighted by atomic mass is 32.1. The van der Waals surface area contributed by atoms with E-state index in [9.17, 15) is 8.78 Å². The minimum atomic E-state index is -0.737. The molecule has 0 radical (unpaired) electrons. The van der Waals surface area contributed by atoms with Gasteiger partial charge in [-0.3, -0.25) is 0 Å². The van der Waals surface area contributed by atoms with E-state index in [4.69, 9.17) is 17.0 Å². The highest BCUT2D eigenvalue weighted by molar-refractivity contribution is 7.80. The van der Waals surface area contributed by atoms with Crippen LogP contribution in [0.2, 0.25) is 0 Å². The Morgan fingerprint density at radius 2 is 2.13 bits per heavy atom. The molecule has 0 aliphatic rings. The lowest BCUT2D eigenvalue weighted by Crippen LogP contribution is -2.18. The molecule has 0 fully saturated rings. The normalized spacial score (nSPS) is 9.53. The first-order valence-corrected chi connectivity index (χ1v) is 4.49. The monoisotopic (exact) mass is 229 g/mol. The second-order valence-electron chi connectivity index (χ2n) is 2.69. The molecule has 0 aliphatic heterocycles. The Hall–Kier alpha value is -1.49. The van der Waals surface area contributed by atoms with Crippen molar-refractivity contribution in [2.24, 2.45) is 0 Å². The molecule has 0 aliphatic carbocycles. The molecule has 0 atom stereocenters. The summed E-state index contributed by atoms with van der Waals surface area (Å²) in [4.78, 5) is 0. The molecule has 0 saturated carbocycles. The van der Waals surface area contributed by atoms with E-state index in [1.165, 1.54) is 6.07 Å². The predicted molar refractivity (Wildman–Crippen MR) is 58.1 cm³/mol. The molecule has 0 aromatic heterocycles. The molecule has 5 heteroatoms. The Morgan fingerprint density at radius 1 is 1.47 bits per heavy atom. The number of rotatable bonds is 2. The Bertz CT molecular complexity index is 406. The molecule has 0 spiro atoms. The zero-order chi connectivity index (χ0) is 11.4. The lowest BCUT2D eigenvalue weighted by Gasteiger charge is -2.09. The molecule has 15 heavy (non-hydrogen) atoms. The lowest BCUT2D eigenvalue weighted by atomic mass is 10.2. The van der Waals surface area contributed by atoms with E-state index in [2.05, 4.69) is 11.9 Å². The topological polar surface area (TPSA) is 21.3 Å². The van der Waals surface area contributed by atoms with Crippen molar-refractivity contribution in [2.45, 2.75) is 0 Å². The quantitative estimate of drug-likeness (QED) is 0.621. The molecule has 1 aromatic carbocycles. The standard InChI is InChI=1S/C10H9F2NOS/c1-6(14-10(15)13-2)8-4-3-7(11)5-9(8)12/h3-5H,1H2,2H3,(H,13,15). The summed E-state index contributed by atoms with van der Waals surface area (Å²) in [5.41, 5.74) is 0.0778. The second kappa shape index (κ2) is 4.84. The summed E-state index contributed by atoms with van der Waals surface area (Å²) in [6, 6.07) is 3.12. The van der Waals surface area contributed by atoms with Gasteiger partial charge in [-0.05, 0) is 24.4 Å². The van der Waals surface area contributed by atoms with Gasteiger partial charge >= 0.3 is 0 Å². The average molecular weight is 229 g/mol. The van der Waals surface area contributed by atoms with Crippen molar-refractivity contribution in [1.29, 1.82) is 0 Å². The van der Waals surface area contributed by atoms with Crippen molar-refractivity contribution >= 4 is 23.2 Å². The molecule has 2 nitrogen and oxygen atoms in total. The maximum absolute atomic E-state index is 13.2. The third kappa shape index (κ3) is 2.99. The van der Waals surface area contributed by atoms with E-state index in [1.54, 1.807) is 7.05 Å². The highest BCUT2D eigenvalue weighted by Gasteiger charge is 2.09. The number of hydrogen-bond acceptors (Lipinski definition) is 2. The van der Waals surface area contributed by atoms with Crippen LogP contribution in [-0.2, 0) is 4.74 Å². The lowest BCUT2D eigenvalue weighted by molar-refractivity contribution is 0.491. The molecule has 1 aromatic rings. The minimum Gasteiger partial charge on any atom is -0.432 e. The molecule has 0 saturated heterocycles. The van der Waals surface area contributed by atoms with Gasteiger partial charge in [-0.15, -0.1) is 0 Å². The number of hydrogen-bond donors (Lipinski definition) is 1. The summed E-state index contributed by atoms with van der Waals surface area (Å²) in [7, 11) is 1.57. The largest absolute Gasteiger partial charge is 0.432 e. The molecule has 0 heterocycles. The van der Waals surface area contributed by atoms with Crippen LogP contribution in [0, 0.1) is 11.6 Å². The Morgan fingerprint density at radius 3 is 2.67 bits per heavy atom. The van der Waals surface area contributed by atoms with E-state index < -0.39 is 11.6 Å². The number of nitrogens with one attached hydrogen (secondary N) is 1. The Labute approximate surface area is 91.6 Å². The first-order chi connectivity index (χ1) is 7.04. The molecular formula is C10H9F2NOS. The summed E-state index contributed by atoms with van der Waals surface area (Å²) < 4.78 is 30.8. The smallest absolute Gasteiger partial charge is 0.261 e. The van der Waals surface area contributed by atoms with Crippen LogP contribution in [0.1, 0.15) is 5.56 Å². The molecule has 80 valence electrons. The van der Waals surface area contributed by atoms with E-state index in [0.717, 1.165) is 12.1 Å². The third-order valence-electron chi connectivity index (χ3n) is 1.65. The van der Waals surface area contributed by atoms with E-state index in [-0.39, 0.29) is 16.5 Å². The van der Waals surface area contributed by atoms with Gasteiger partial charge in [0.25, 0.3) is 5.17 Å². The van der Waals surface area contributed by atoms with Crippen molar-refractivity contribution in [3.05, 3.63) is 42.0 Å². The zero-order valence-electron chi connectivity index (χ0n) is 8.01. The minimum absolute atomic E-state index is 0.0341. The van der Waals surface area contributed by atoms with Crippen LogP contribution in [0.15, 0.2) is 24.8 Å². The maximum atomic E-state index is 13.2. The zero-order valence-corrected chi connectivity index (χ0v) is 8.83. The summed E-state index contributed by atoms with van der Waals surface area (Å²) >= 11 is 4.71. The fourth-order valence-corrected chi connectivity index (χ4v) is 1.03. The second-order valence-corrected chi connectivity index (χ2v) is 3.06. The third-order valence-corrected chi connectivity index (χ3v) is 1.94. The number of ether oxygens (including phenoxy) is 1. The molecule has 1 rings (SSSR count). The van der Waals surface area contributed by atoms with Gasteiger partial charge in [0, 0.05) is 13.1 Å². The van der Waals surface area contributed by atoms with Crippen molar-refractivity contribution in [1.82, 2.24) is 5.32 Å². The molecular weight excluding hydrogens is 220 g/mol. The van der Waals surface area contributed by atoms with Crippen molar-refractivity contribution in [2.75, 3.05) is 7.05 Å². The van der Waals surface area contributed by atoms with Gasteiger partial charge in [0.1, 0.15) is 17.4 Å². The SMILES string of the molecule is C=C(OC(=S)NC)c1ccc(F)cc1F. The van der Waals surface area contributed by atoms with Crippen LogP contribution in [0.25, 0.3) is 5.76 Å². The summed E-state index contributed by atoms with van der Waals surface area (Å²) in [6.07, 6.45) is 0. The molecule has 0 amide bonds. The first-order valence-electron chi connectivity index (χ1n) is 4.08. The number of halogens is 2. The van der Waals surface area contributed by atoms with Crippen molar-refractivity contribution < 1.29 is 13.5 Å². The fraction of sp³-hybridized carbons (Fsp3) is 0.100. The number of benzene rings is 1. The summed E-state index contributed by atoms with van der Waals surface area (Å²) in [5.74, 6) is -1.36. The van der Waals surface area contributed by atoms with E-state index >= 15 is 0 Å². The van der Waals surface area contributed by atoms with Crippen LogP contribution >= 0.6 is 12.2 Å². The Balaban J connectivity index is 2.87.